The lowest BCUT2D eigenvalue weighted by Crippen LogP contribution is -2.48. The van der Waals surface area contributed by atoms with Gasteiger partial charge in [-0.2, -0.15) is 5.10 Å². The lowest BCUT2D eigenvalue weighted by molar-refractivity contribution is 0.0901. The number of hydrogen-bond acceptors (Lipinski definition) is 6. The summed E-state index contributed by atoms with van der Waals surface area (Å²) in [5.74, 6) is 0.789. The molecule has 146 valence electrons. The van der Waals surface area contributed by atoms with Gasteiger partial charge in [-0.05, 0) is 31.5 Å². The number of H-pyrrole nitrogens is 1. The quantitative estimate of drug-likeness (QED) is 0.688. The van der Waals surface area contributed by atoms with Crippen LogP contribution in [0, 0.1) is 0 Å². The average Bonchev–Trinajstić information content (AvgIpc) is 3.29. The predicted molar refractivity (Wildman–Crippen MR) is 111 cm³/mol. The third-order valence-electron chi connectivity index (χ3n) is 4.84. The third kappa shape index (κ3) is 3.03. The molecule has 3 aromatic rings. The van der Waals surface area contributed by atoms with Crippen molar-refractivity contribution in [3.05, 3.63) is 41.2 Å². The largest absolute Gasteiger partial charge is 0.490 e. The maximum atomic E-state index is 12.5. The number of ether oxygens (including phenoxy) is 1. The van der Waals surface area contributed by atoms with Crippen molar-refractivity contribution in [3.8, 4) is 16.9 Å². The maximum absolute atomic E-state index is 12.5. The molecule has 8 heteroatoms. The summed E-state index contributed by atoms with van der Waals surface area (Å²) >= 11 is 1.45. The number of carbonyl (C=O) groups excluding carboxylic acids is 1. The monoisotopic (exact) mass is 397 g/mol. The second kappa shape index (κ2) is 6.63. The van der Waals surface area contributed by atoms with E-state index in [4.69, 9.17) is 9.72 Å². The summed E-state index contributed by atoms with van der Waals surface area (Å²) in [6.07, 6.45) is 4.39. The highest BCUT2D eigenvalue weighted by atomic mass is 32.1. The molecule has 4 heterocycles. The van der Waals surface area contributed by atoms with Gasteiger partial charge in [0.1, 0.15) is 17.2 Å². The number of carbonyl (C=O) groups is 1. The molecule has 0 saturated heterocycles. The molecule has 1 amide bonds. The summed E-state index contributed by atoms with van der Waals surface area (Å²) in [6.45, 7) is 5.32. The van der Waals surface area contributed by atoms with Gasteiger partial charge in [0.2, 0.25) is 0 Å². The second-order valence-corrected chi connectivity index (χ2v) is 8.43. The molecule has 0 aliphatic carbocycles. The van der Waals surface area contributed by atoms with Crippen molar-refractivity contribution in [1.82, 2.24) is 20.5 Å². The number of benzene rings is 1. The number of aromatic nitrogens is 3. The number of amides is 1. The van der Waals surface area contributed by atoms with Gasteiger partial charge in [-0.3, -0.25) is 9.89 Å². The van der Waals surface area contributed by atoms with Crippen molar-refractivity contribution >= 4 is 28.1 Å². The molecule has 0 unspecified atom stereocenters. The van der Waals surface area contributed by atoms with E-state index in [-0.39, 0.29) is 18.9 Å². The van der Waals surface area contributed by atoms with Crippen molar-refractivity contribution in [2.75, 3.05) is 18.1 Å². The van der Waals surface area contributed by atoms with Crippen LogP contribution in [-0.2, 0) is 6.42 Å². The average molecular weight is 398 g/mol. The summed E-state index contributed by atoms with van der Waals surface area (Å²) in [5.41, 5.74) is 3.64. The zero-order valence-electron chi connectivity index (χ0n) is 15.1. The van der Waals surface area contributed by atoms with E-state index in [0.717, 1.165) is 39.8 Å². The van der Waals surface area contributed by atoms with E-state index in [2.05, 4.69) is 26.5 Å². The van der Waals surface area contributed by atoms with Crippen LogP contribution >= 0.6 is 11.3 Å². The minimum absolute atomic E-state index is 0. The molecular formula is C20H23N5O2S. The molecular weight excluding hydrogens is 374 g/mol. The van der Waals surface area contributed by atoms with Gasteiger partial charge >= 0.3 is 0 Å². The number of nitrogens with one attached hydrogen (secondary N) is 2. The van der Waals surface area contributed by atoms with E-state index in [0.29, 0.717) is 18.0 Å². The molecule has 28 heavy (non-hydrogen) atoms. The number of aromatic amines is 1. The van der Waals surface area contributed by atoms with Crippen LogP contribution in [0.15, 0.2) is 30.6 Å². The first kappa shape index (κ1) is 18.5. The Morgan fingerprint density at radius 3 is 2.93 bits per heavy atom. The van der Waals surface area contributed by atoms with E-state index >= 15 is 0 Å². The molecule has 5 rings (SSSR count). The number of hydrogen-bond donors (Lipinski definition) is 2. The zero-order chi connectivity index (χ0) is 18.6. The van der Waals surface area contributed by atoms with E-state index < -0.39 is 0 Å². The first-order valence-corrected chi connectivity index (χ1v) is 9.68. The number of rotatable bonds is 2. The van der Waals surface area contributed by atoms with E-state index in [1.807, 2.05) is 32.2 Å². The molecule has 2 aliphatic heterocycles. The minimum atomic E-state index is -0.271. The van der Waals surface area contributed by atoms with Gasteiger partial charge in [-0.15, -0.1) is 0 Å². The first-order valence-electron chi connectivity index (χ1n) is 8.86. The highest BCUT2D eigenvalue weighted by Crippen LogP contribution is 2.42. The summed E-state index contributed by atoms with van der Waals surface area (Å²) in [4.78, 5) is 20.1. The Bertz CT molecular complexity index is 1030. The number of fused-ring (bicyclic) bond motifs is 2. The molecule has 0 bridgehead atoms. The van der Waals surface area contributed by atoms with Crippen LogP contribution in [0.25, 0.3) is 11.1 Å². The van der Waals surface area contributed by atoms with Gasteiger partial charge in [0.05, 0.1) is 24.1 Å². The van der Waals surface area contributed by atoms with Crippen molar-refractivity contribution in [1.29, 1.82) is 0 Å². The fraction of sp³-hybridized carbons (Fsp3) is 0.350. The van der Waals surface area contributed by atoms with Gasteiger partial charge in [0, 0.05) is 23.7 Å². The summed E-state index contributed by atoms with van der Waals surface area (Å²) in [5, 5.41) is 10.8. The highest BCUT2D eigenvalue weighted by Gasteiger charge is 2.34. The molecule has 2 N–H and O–H groups in total. The maximum Gasteiger partial charge on any atom is 0.263 e. The third-order valence-corrected chi connectivity index (χ3v) is 5.96. The molecule has 1 aromatic carbocycles. The topological polar surface area (TPSA) is 83.1 Å². The Morgan fingerprint density at radius 1 is 1.29 bits per heavy atom. The second-order valence-electron chi connectivity index (χ2n) is 7.46. The van der Waals surface area contributed by atoms with Crippen LogP contribution in [0.4, 0.5) is 10.8 Å². The Balaban J connectivity index is 0.00000192. The minimum Gasteiger partial charge on any atom is -0.490 e. The SMILES string of the molecule is C.CC1(C)Cc2nc(N3CCOc4ccc(-c5cn[nH]c5)cc43)sc2C(=O)N1. The van der Waals surface area contributed by atoms with Crippen LogP contribution < -0.4 is 15.0 Å². The van der Waals surface area contributed by atoms with Gasteiger partial charge in [0.15, 0.2) is 5.13 Å². The number of thiazole rings is 1. The fourth-order valence-corrected chi connectivity index (χ4v) is 4.60. The first-order chi connectivity index (χ1) is 13.0. The van der Waals surface area contributed by atoms with Gasteiger partial charge in [-0.1, -0.05) is 24.8 Å². The Labute approximate surface area is 167 Å². The van der Waals surface area contributed by atoms with E-state index in [1.54, 1.807) is 6.20 Å². The Hall–Kier alpha value is -2.87. The van der Waals surface area contributed by atoms with Crippen LogP contribution in [-0.4, -0.2) is 39.8 Å². The van der Waals surface area contributed by atoms with Crippen LogP contribution in [0.3, 0.4) is 0 Å². The summed E-state index contributed by atoms with van der Waals surface area (Å²) in [7, 11) is 0. The van der Waals surface area contributed by atoms with Crippen molar-refractivity contribution < 1.29 is 9.53 Å². The van der Waals surface area contributed by atoms with Gasteiger partial charge in [0.25, 0.3) is 5.91 Å². The molecule has 0 saturated carbocycles. The summed E-state index contributed by atoms with van der Waals surface area (Å²) in [6, 6.07) is 6.09. The molecule has 0 atom stereocenters. The van der Waals surface area contributed by atoms with Crippen LogP contribution in [0.5, 0.6) is 5.75 Å². The molecule has 0 radical (unpaired) electrons. The molecule has 0 fully saturated rings. The van der Waals surface area contributed by atoms with Crippen molar-refractivity contribution in [2.45, 2.75) is 33.2 Å². The Kier molecular flexibility index (Phi) is 4.38. The predicted octanol–water partition coefficient (Wildman–Crippen LogP) is 3.76. The lowest BCUT2D eigenvalue weighted by Gasteiger charge is -2.29. The van der Waals surface area contributed by atoms with Crippen LogP contribution in [0.1, 0.15) is 36.6 Å². The molecule has 2 aliphatic rings. The summed E-state index contributed by atoms with van der Waals surface area (Å²) < 4.78 is 5.84. The van der Waals surface area contributed by atoms with Crippen LogP contribution in [0.2, 0.25) is 0 Å². The normalized spacial score (nSPS) is 17.1. The number of nitrogens with zero attached hydrogens (tertiary/aromatic N) is 3. The molecule has 0 spiro atoms. The molecule has 2 aromatic heterocycles. The standard InChI is InChI=1S/C19H19N5O2S.CH4/c1-19(2)8-13-16(17(25)23-19)27-18(22-13)24-5-6-26-15-4-3-11(7-14(15)24)12-9-20-21-10-12;/h3-4,7,9-10H,5-6,8H2,1-2H3,(H,20,21)(H,23,25);1H4. The van der Waals surface area contributed by atoms with Crippen molar-refractivity contribution in [3.63, 3.8) is 0 Å². The molecule has 7 nitrogen and oxygen atoms in total. The van der Waals surface area contributed by atoms with Gasteiger partial charge < -0.3 is 15.0 Å². The van der Waals surface area contributed by atoms with E-state index in [1.165, 1.54) is 11.3 Å². The zero-order valence-corrected chi connectivity index (χ0v) is 15.9. The Morgan fingerprint density at radius 2 is 2.14 bits per heavy atom. The highest BCUT2D eigenvalue weighted by molar-refractivity contribution is 7.17. The lowest BCUT2D eigenvalue weighted by atomic mass is 9.94. The smallest absolute Gasteiger partial charge is 0.263 e. The van der Waals surface area contributed by atoms with Gasteiger partial charge in [-0.25, -0.2) is 4.98 Å². The fourth-order valence-electron chi connectivity index (χ4n) is 3.58. The van der Waals surface area contributed by atoms with E-state index in [9.17, 15) is 4.79 Å². The number of anilines is 2. The van der Waals surface area contributed by atoms with Crippen molar-refractivity contribution in [2.24, 2.45) is 0 Å².